The van der Waals surface area contributed by atoms with Crippen molar-refractivity contribution in [2.24, 2.45) is 0 Å². The van der Waals surface area contributed by atoms with Crippen LogP contribution in [0.1, 0.15) is 43.4 Å². The number of carbonyl (C=O) groups is 2. The lowest BCUT2D eigenvalue weighted by Gasteiger charge is -2.33. The molecule has 0 aliphatic carbocycles. The maximum atomic E-state index is 14.1. The summed E-state index contributed by atoms with van der Waals surface area (Å²) in [6, 6.07) is 15.2. The molecule has 7 nitrogen and oxygen atoms in total. The van der Waals surface area contributed by atoms with Crippen LogP contribution in [0.15, 0.2) is 65.6 Å². The van der Waals surface area contributed by atoms with Gasteiger partial charge in [0.1, 0.15) is 12.6 Å². The minimum absolute atomic E-state index is 0.0151. The monoisotopic (exact) mass is 637 g/mol. The van der Waals surface area contributed by atoms with Gasteiger partial charge in [-0.1, -0.05) is 78.0 Å². The van der Waals surface area contributed by atoms with Gasteiger partial charge in [0.2, 0.25) is 11.8 Å². The molecule has 0 fully saturated rings. The fourth-order valence-electron chi connectivity index (χ4n) is 4.17. The van der Waals surface area contributed by atoms with Gasteiger partial charge in [0.05, 0.1) is 10.6 Å². The van der Waals surface area contributed by atoms with Gasteiger partial charge in [-0.25, -0.2) is 8.42 Å². The average molecular weight is 639 g/mol. The number of hydrogen-bond acceptors (Lipinski definition) is 4. The lowest BCUT2D eigenvalue weighted by atomic mass is 10.1. The molecule has 1 N–H and O–H groups in total. The van der Waals surface area contributed by atoms with Gasteiger partial charge in [-0.05, 0) is 69.2 Å². The third kappa shape index (κ3) is 8.16. The van der Waals surface area contributed by atoms with E-state index in [0.717, 1.165) is 22.7 Å². The van der Waals surface area contributed by atoms with Gasteiger partial charge < -0.3 is 10.2 Å². The van der Waals surface area contributed by atoms with E-state index in [1.807, 2.05) is 13.8 Å². The van der Waals surface area contributed by atoms with Crippen molar-refractivity contribution in [1.29, 1.82) is 0 Å². The molecule has 0 aromatic heterocycles. The maximum Gasteiger partial charge on any atom is 0.264 e. The van der Waals surface area contributed by atoms with Crippen LogP contribution in [0.2, 0.25) is 15.1 Å². The standard InChI is InChI=1S/C30H34Cl3N3O4S/c1-5-6-16-34-30(38)22(4)35(18-25-26(32)8-7-9-27(25)33)29(37)19-36(28-17-23(31)13-12-21(28)3)41(39,40)24-14-10-20(2)11-15-24/h7-15,17,22H,5-6,16,18-19H2,1-4H3,(H,34,38)/t22-/m0/s1. The summed E-state index contributed by atoms with van der Waals surface area (Å²) in [4.78, 5) is 28.5. The van der Waals surface area contributed by atoms with Gasteiger partial charge in [-0.2, -0.15) is 0 Å². The lowest BCUT2D eigenvalue weighted by molar-refractivity contribution is -0.139. The number of hydrogen-bond donors (Lipinski definition) is 1. The number of unbranched alkanes of at least 4 members (excludes halogenated alkanes) is 1. The minimum Gasteiger partial charge on any atom is -0.354 e. The Hall–Kier alpha value is -2.78. The summed E-state index contributed by atoms with van der Waals surface area (Å²) in [6.07, 6.45) is 1.66. The zero-order valence-electron chi connectivity index (χ0n) is 23.5. The molecular weight excluding hydrogens is 605 g/mol. The van der Waals surface area contributed by atoms with Crippen molar-refractivity contribution < 1.29 is 18.0 Å². The predicted octanol–water partition coefficient (Wildman–Crippen LogP) is 6.79. The molecule has 3 aromatic rings. The highest BCUT2D eigenvalue weighted by atomic mass is 35.5. The normalized spacial score (nSPS) is 12.1. The fraction of sp³-hybridized carbons (Fsp3) is 0.333. The van der Waals surface area contributed by atoms with Crippen molar-refractivity contribution in [2.75, 3.05) is 17.4 Å². The van der Waals surface area contributed by atoms with Crippen molar-refractivity contribution in [2.45, 2.75) is 58.0 Å². The highest BCUT2D eigenvalue weighted by Crippen LogP contribution is 2.31. The van der Waals surface area contributed by atoms with E-state index in [0.29, 0.717) is 32.7 Å². The number of sulfonamides is 1. The minimum atomic E-state index is -4.22. The third-order valence-corrected chi connectivity index (χ3v) is 9.43. The van der Waals surface area contributed by atoms with Gasteiger partial charge in [0.15, 0.2) is 0 Å². The SMILES string of the molecule is CCCCNC(=O)[C@H](C)N(Cc1c(Cl)cccc1Cl)C(=O)CN(c1cc(Cl)ccc1C)S(=O)(=O)c1ccc(C)cc1. The molecule has 0 aliphatic rings. The van der Waals surface area contributed by atoms with Gasteiger partial charge >= 0.3 is 0 Å². The smallest absolute Gasteiger partial charge is 0.264 e. The first kappa shape index (κ1) is 32.7. The number of aryl methyl sites for hydroxylation is 2. The summed E-state index contributed by atoms with van der Waals surface area (Å²) < 4.78 is 29.0. The molecule has 0 radical (unpaired) electrons. The first-order valence-corrected chi connectivity index (χ1v) is 15.8. The molecule has 1 atom stereocenters. The molecule has 0 unspecified atom stereocenters. The molecule has 0 spiro atoms. The van der Waals surface area contributed by atoms with E-state index < -0.39 is 28.5 Å². The molecule has 3 aromatic carbocycles. The largest absolute Gasteiger partial charge is 0.354 e. The Morgan fingerprint density at radius 2 is 1.59 bits per heavy atom. The molecule has 0 saturated heterocycles. The van der Waals surface area contributed by atoms with Gasteiger partial charge in [-0.15, -0.1) is 0 Å². The van der Waals surface area contributed by atoms with Gasteiger partial charge in [0.25, 0.3) is 10.0 Å². The molecule has 220 valence electrons. The molecule has 0 heterocycles. The van der Waals surface area contributed by atoms with Crippen LogP contribution in [-0.2, 0) is 26.2 Å². The van der Waals surface area contributed by atoms with Crippen LogP contribution in [0.4, 0.5) is 5.69 Å². The average Bonchev–Trinajstić information content (AvgIpc) is 2.93. The van der Waals surface area contributed by atoms with Gasteiger partial charge in [0, 0.05) is 33.7 Å². The Bertz CT molecular complexity index is 1480. The Labute approximate surface area is 257 Å². The summed E-state index contributed by atoms with van der Waals surface area (Å²) in [5.41, 5.74) is 2.19. The predicted molar refractivity (Wildman–Crippen MR) is 166 cm³/mol. The van der Waals surface area contributed by atoms with Crippen molar-refractivity contribution in [3.05, 3.63) is 92.4 Å². The van der Waals surface area contributed by atoms with E-state index in [-0.39, 0.29) is 23.0 Å². The quantitative estimate of drug-likeness (QED) is 0.221. The Morgan fingerprint density at radius 1 is 0.951 bits per heavy atom. The second kappa shape index (κ2) is 14.4. The molecule has 0 saturated carbocycles. The van der Waals surface area contributed by atoms with Crippen molar-refractivity contribution in [1.82, 2.24) is 10.2 Å². The maximum absolute atomic E-state index is 14.1. The Balaban J connectivity index is 2.08. The van der Waals surface area contributed by atoms with E-state index in [2.05, 4.69) is 5.32 Å². The van der Waals surface area contributed by atoms with Crippen LogP contribution in [0.5, 0.6) is 0 Å². The van der Waals surface area contributed by atoms with Crippen LogP contribution in [0.25, 0.3) is 0 Å². The first-order valence-electron chi connectivity index (χ1n) is 13.2. The van der Waals surface area contributed by atoms with Crippen molar-refractivity contribution in [3.8, 4) is 0 Å². The first-order chi connectivity index (χ1) is 19.4. The zero-order chi connectivity index (χ0) is 30.3. The number of benzene rings is 3. The highest BCUT2D eigenvalue weighted by molar-refractivity contribution is 7.92. The number of anilines is 1. The Morgan fingerprint density at radius 3 is 2.20 bits per heavy atom. The van der Waals surface area contributed by atoms with E-state index in [9.17, 15) is 18.0 Å². The summed E-state index contributed by atoms with van der Waals surface area (Å²) in [6.45, 7) is 6.93. The molecule has 3 rings (SSSR count). The lowest BCUT2D eigenvalue weighted by Crippen LogP contribution is -2.51. The molecule has 2 amide bonds. The van der Waals surface area contributed by atoms with Crippen LogP contribution < -0.4 is 9.62 Å². The molecule has 11 heteroatoms. The highest BCUT2D eigenvalue weighted by Gasteiger charge is 2.33. The topological polar surface area (TPSA) is 86.8 Å². The molecule has 0 bridgehead atoms. The van der Waals surface area contributed by atoms with Crippen LogP contribution in [0, 0.1) is 13.8 Å². The van der Waals surface area contributed by atoms with Crippen LogP contribution >= 0.6 is 34.8 Å². The van der Waals surface area contributed by atoms with E-state index >= 15 is 0 Å². The number of nitrogens with zero attached hydrogens (tertiary/aromatic N) is 2. The number of rotatable bonds is 12. The summed E-state index contributed by atoms with van der Waals surface area (Å²) >= 11 is 19.1. The van der Waals surface area contributed by atoms with Crippen molar-refractivity contribution in [3.63, 3.8) is 0 Å². The number of nitrogens with one attached hydrogen (secondary N) is 1. The number of carbonyl (C=O) groups excluding carboxylic acids is 2. The number of amides is 2. The summed E-state index contributed by atoms with van der Waals surface area (Å²) in [7, 11) is -4.22. The summed E-state index contributed by atoms with van der Waals surface area (Å²) in [5, 5.41) is 3.80. The molecule has 41 heavy (non-hydrogen) atoms. The third-order valence-electron chi connectivity index (χ3n) is 6.71. The zero-order valence-corrected chi connectivity index (χ0v) is 26.5. The molecular formula is C30H34Cl3N3O4S. The second-order valence-corrected chi connectivity index (χ2v) is 12.9. The van der Waals surface area contributed by atoms with E-state index in [1.165, 1.54) is 23.1 Å². The second-order valence-electron chi connectivity index (χ2n) is 9.80. The van der Waals surface area contributed by atoms with Gasteiger partial charge in [-0.3, -0.25) is 13.9 Å². The van der Waals surface area contributed by atoms with Crippen molar-refractivity contribution >= 4 is 62.3 Å². The number of halogens is 3. The Kier molecular flexibility index (Phi) is 11.5. The van der Waals surface area contributed by atoms with Crippen LogP contribution in [0.3, 0.4) is 0 Å². The van der Waals surface area contributed by atoms with Crippen LogP contribution in [-0.4, -0.2) is 44.3 Å². The molecule has 0 aliphatic heterocycles. The fourth-order valence-corrected chi connectivity index (χ4v) is 6.33. The van der Waals surface area contributed by atoms with E-state index in [4.69, 9.17) is 34.8 Å². The summed E-state index contributed by atoms with van der Waals surface area (Å²) in [5.74, 6) is -0.990. The van der Waals surface area contributed by atoms with E-state index in [1.54, 1.807) is 56.3 Å².